The number of primary amides is 1. The molecule has 28 heavy (non-hydrogen) atoms. The maximum absolute atomic E-state index is 12.4. The zero-order valence-electron chi connectivity index (χ0n) is 16.7. The molecule has 0 aliphatic rings. The summed E-state index contributed by atoms with van der Waals surface area (Å²) in [4.78, 5) is 58.8. The van der Waals surface area contributed by atoms with Crippen LogP contribution >= 0.6 is 0 Å². The van der Waals surface area contributed by atoms with E-state index in [9.17, 15) is 29.1 Å². The largest absolute Gasteiger partial charge is 0.480 e. The van der Waals surface area contributed by atoms with Gasteiger partial charge in [-0.15, -0.1) is 0 Å². The molecular formula is C17H31N5O6. The number of carbonyl (C=O) groups excluding carboxylic acids is 4. The highest BCUT2D eigenvalue weighted by Crippen LogP contribution is 2.08. The Labute approximate surface area is 164 Å². The van der Waals surface area contributed by atoms with Crippen molar-refractivity contribution in [3.05, 3.63) is 0 Å². The van der Waals surface area contributed by atoms with Gasteiger partial charge in [0.15, 0.2) is 0 Å². The molecular weight excluding hydrogens is 370 g/mol. The van der Waals surface area contributed by atoms with Gasteiger partial charge in [0.2, 0.25) is 23.6 Å². The van der Waals surface area contributed by atoms with Crippen LogP contribution in [0.2, 0.25) is 0 Å². The van der Waals surface area contributed by atoms with Crippen molar-refractivity contribution in [3.63, 3.8) is 0 Å². The minimum Gasteiger partial charge on any atom is -0.480 e. The number of nitrogens with one attached hydrogen (secondary N) is 3. The summed E-state index contributed by atoms with van der Waals surface area (Å²) in [5.41, 5.74) is 10.5. The Morgan fingerprint density at radius 1 is 0.929 bits per heavy atom. The van der Waals surface area contributed by atoms with Gasteiger partial charge in [-0.2, -0.15) is 0 Å². The topological polar surface area (TPSA) is 194 Å². The van der Waals surface area contributed by atoms with E-state index in [0.717, 1.165) is 0 Å². The lowest BCUT2D eigenvalue weighted by atomic mass is 9.99. The fourth-order valence-corrected chi connectivity index (χ4v) is 2.20. The molecule has 11 nitrogen and oxygen atoms in total. The number of carboxylic acid groups (broad SMARTS) is 1. The summed E-state index contributed by atoms with van der Waals surface area (Å²) in [5.74, 6) is -4.15. The number of rotatable bonds is 12. The second-order valence-electron chi connectivity index (χ2n) is 6.80. The van der Waals surface area contributed by atoms with Crippen molar-refractivity contribution >= 4 is 29.6 Å². The van der Waals surface area contributed by atoms with Gasteiger partial charge in [0.1, 0.15) is 18.1 Å². The SMILES string of the molecule is CCC(C)C(NC(=O)C(C)NC(=O)C(CCC(N)=O)NC(=O)C(C)N)C(=O)O. The van der Waals surface area contributed by atoms with Gasteiger partial charge < -0.3 is 32.5 Å². The lowest BCUT2D eigenvalue weighted by Gasteiger charge is -2.24. The zero-order valence-corrected chi connectivity index (χ0v) is 16.7. The fraction of sp³-hybridized carbons (Fsp3) is 0.706. The third-order valence-corrected chi connectivity index (χ3v) is 4.25. The van der Waals surface area contributed by atoms with Gasteiger partial charge >= 0.3 is 5.97 Å². The molecule has 0 fully saturated rings. The fourth-order valence-electron chi connectivity index (χ4n) is 2.20. The van der Waals surface area contributed by atoms with Crippen molar-refractivity contribution < 1.29 is 29.1 Å². The number of hydrogen-bond donors (Lipinski definition) is 6. The van der Waals surface area contributed by atoms with E-state index in [0.29, 0.717) is 6.42 Å². The van der Waals surface area contributed by atoms with Crippen molar-refractivity contribution in [2.75, 3.05) is 0 Å². The van der Waals surface area contributed by atoms with E-state index in [1.165, 1.54) is 13.8 Å². The first-order valence-corrected chi connectivity index (χ1v) is 9.08. The average molecular weight is 401 g/mol. The maximum Gasteiger partial charge on any atom is 0.326 e. The van der Waals surface area contributed by atoms with E-state index in [1.807, 2.05) is 0 Å². The highest BCUT2D eigenvalue weighted by molar-refractivity contribution is 5.94. The molecule has 0 aliphatic carbocycles. The molecule has 0 radical (unpaired) electrons. The molecule has 0 spiro atoms. The first-order valence-electron chi connectivity index (χ1n) is 9.08. The molecule has 11 heteroatoms. The van der Waals surface area contributed by atoms with Crippen LogP contribution in [0.15, 0.2) is 0 Å². The summed E-state index contributed by atoms with van der Waals surface area (Å²) in [7, 11) is 0. The van der Waals surface area contributed by atoms with Gasteiger partial charge in [-0.1, -0.05) is 20.3 Å². The average Bonchev–Trinajstić information content (AvgIpc) is 2.60. The van der Waals surface area contributed by atoms with Crippen LogP contribution in [0.1, 0.15) is 47.0 Å². The zero-order chi connectivity index (χ0) is 22.0. The molecule has 160 valence electrons. The first-order chi connectivity index (χ1) is 12.9. The van der Waals surface area contributed by atoms with Gasteiger partial charge in [0.05, 0.1) is 6.04 Å². The highest BCUT2D eigenvalue weighted by atomic mass is 16.4. The first kappa shape index (κ1) is 25.3. The van der Waals surface area contributed by atoms with Crippen LogP contribution in [0, 0.1) is 5.92 Å². The summed E-state index contributed by atoms with van der Waals surface area (Å²) in [6.45, 7) is 6.28. The van der Waals surface area contributed by atoms with E-state index >= 15 is 0 Å². The number of carbonyl (C=O) groups is 5. The number of carboxylic acids is 1. The van der Waals surface area contributed by atoms with E-state index in [-0.39, 0.29) is 18.8 Å². The van der Waals surface area contributed by atoms with Crippen molar-refractivity contribution in [1.29, 1.82) is 0 Å². The van der Waals surface area contributed by atoms with Gasteiger partial charge in [0, 0.05) is 6.42 Å². The van der Waals surface area contributed by atoms with Crippen LogP contribution in [0.4, 0.5) is 0 Å². The third-order valence-electron chi connectivity index (χ3n) is 4.25. The quantitative estimate of drug-likeness (QED) is 0.222. The normalized spacial score (nSPS) is 16.0. The van der Waals surface area contributed by atoms with Crippen LogP contribution < -0.4 is 27.4 Å². The van der Waals surface area contributed by atoms with Gasteiger partial charge in [0.25, 0.3) is 0 Å². The van der Waals surface area contributed by atoms with E-state index in [4.69, 9.17) is 11.5 Å². The predicted octanol–water partition coefficient (Wildman–Crippen LogP) is -1.80. The highest BCUT2D eigenvalue weighted by Gasteiger charge is 2.29. The van der Waals surface area contributed by atoms with Crippen LogP contribution in [0.3, 0.4) is 0 Å². The molecule has 5 atom stereocenters. The Kier molecular flexibility index (Phi) is 10.8. The second kappa shape index (κ2) is 11.9. The van der Waals surface area contributed by atoms with E-state index in [1.54, 1.807) is 13.8 Å². The molecule has 4 amide bonds. The Bertz CT molecular complexity index is 595. The van der Waals surface area contributed by atoms with Crippen molar-refractivity contribution in [1.82, 2.24) is 16.0 Å². The third kappa shape index (κ3) is 8.80. The Balaban J connectivity index is 5.05. The van der Waals surface area contributed by atoms with Crippen molar-refractivity contribution in [2.45, 2.75) is 71.1 Å². The summed E-state index contributed by atoms with van der Waals surface area (Å²) in [6.07, 6.45) is 0.308. The lowest BCUT2D eigenvalue weighted by Crippen LogP contribution is -2.56. The van der Waals surface area contributed by atoms with E-state index < -0.39 is 53.8 Å². The monoisotopic (exact) mass is 401 g/mol. The van der Waals surface area contributed by atoms with Gasteiger partial charge in [-0.25, -0.2) is 4.79 Å². The Morgan fingerprint density at radius 2 is 1.50 bits per heavy atom. The van der Waals surface area contributed by atoms with Crippen LogP contribution in [0.5, 0.6) is 0 Å². The van der Waals surface area contributed by atoms with Crippen molar-refractivity contribution in [2.24, 2.45) is 17.4 Å². The predicted molar refractivity (Wildman–Crippen MR) is 101 cm³/mol. The van der Waals surface area contributed by atoms with Crippen molar-refractivity contribution in [3.8, 4) is 0 Å². The molecule has 0 heterocycles. The number of aliphatic carboxylic acids is 1. The molecule has 0 aromatic carbocycles. The number of hydrogen-bond acceptors (Lipinski definition) is 6. The standard InChI is InChI=1S/C17H31N5O6/c1-5-8(2)13(17(27)28)22-15(25)10(4)20-16(26)11(6-7-12(19)23)21-14(24)9(3)18/h8-11,13H,5-7,18H2,1-4H3,(H2,19,23)(H,20,26)(H,21,24)(H,22,25)(H,27,28). The molecule has 0 bridgehead atoms. The van der Waals surface area contributed by atoms with Gasteiger partial charge in [-0.3, -0.25) is 19.2 Å². The Hall–Kier alpha value is -2.69. The smallest absolute Gasteiger partial charge is 0.326 e. The summed E-state index contributed by atoms with van der Waals surface area (Å²) in [5, 5.41) is 16.4. The summed E-state index contributed by atoms with van der Waals surface area (Å²) in [6, 6.07) is -4.16. The Morgan fingerprint density at radius 3 is 1.93 bits per heavy atom. The number of nitrogens with two attached hydrogens (primary N) is 2. The summed E-state index contributed by atoms with van der Waals surface area (Å²) < 4.78 is 0. The molecule has 0 aromatic rings. The minimum absolute atomic E-state index is 0.0708. The van der Waals surface area contributed by atoms with Crippen LogP contribution in [-0.4, -0.2) is 58.9 Å². The molecule has 0 saturated carbocycles. The molecule has 0 aliphatic heterocycles. The van der Waals surface area contributed by atoms with E-state index in [2.05, 4.69) is 16.0 Å². The second-order valence-corrected chi connectivity index (χ2v) is 6.80. The van der Waals surface area contributed by atoms with Crippen LogP contribution in [-0.2, 0) is 24.0 Å². The number of amides is 4. The maximum atomic E-state index is 12.4. The van der Waals surface area contributed by atoms with Crippen LogP contribution in [0.25, 0.3) is 0 Å². The molecule has 0 aromatic heterocycles. The molecule has 0 saturated heterocycles. The molecule has 5 unspecified atom stereocenters. The molecule has 0 rings (SSSR count). The van der Waals surface area contributed by atoms with Gasteiger partial charge in [-0.05, 0) is 26.2 Å². The molecule has 8 N–H and O–H groups in total. The summed E-state index contributed by atoms with van der Waals surface area (Å²) >= 11 is 0. The minimum atomic E-state index is -1.18. The lowest BCUT2D eigenvalue weighted by molar-refractivity contribution is -0.143.